The minimum absolute atomic E-state index is 0.0888. The lowest BCUT2D eigenvalue weighted by molar-refractivity contribution is -0.135. The van der Waals surface area contributed by atoms with E-state index in [0.717, 1.165) is 5.56 Å². The molecule has 3 aromatic rings. The molecule has 0 aliphatic rings. The van der Waals surface area contributed by atoms with Crippen molar-refractivity contribution in [1.82, 2.24) is 10.3 Å². The molecule has 0 saturated carbocycles. The zero-order valence-electron chi connectivity index (χ0n) is 12.7. The molecule has 2 heterocycles. The molecule has 0 bridgehead atoms. The lowest BCUT2D eigenvalue weighted by atomic mass is 10.0. The van der Waals surface area contributed by atoms with Crippen LogP contribution >= 0.6 is 0 Å². The summed E-state index contributed by atoms with van der Waals surface area (Å²) in [7, 11) is 0. The van der Waals surface area contributed by atoms with Crippen LogP contribution in [0.25, 0.3) is 21.9 Å². The molecular formula is C17H12N2O6. The molecule has 0 radical (unpaired) electrons. The van der Waals surface area contributed by atoms with E-state index in [4.69, 9.17) is 5.11 Å². The number of carboxylic acids is 1. The normalized spacial score (nSPS) is 10.6. The van der Waals surface area contributed by atoms with Crippen molar-refractivity contribution in [3.63, 3.8) is 0 Å². The summed E-state index contributed by atoms with van der Waals surface area (Å²) in [5.41, 5.74) is 0.300. The van der Waals surface area contributed by atoms with E-state index in [1.165, 1.54) is 6.07 Å². The molecule has 126 valence electrons. The summed E-state index contributed by atoms with van der Waals surface area (Å²) in [6, 6.07) is 8.20. The highest BCUT2D eigenvalue weighted by atomic mass is 16.5. The van der Waals surface area contributed by atoms with E-state index >= 15 is 0 Å². The Morgan fingerprint density at radius 2 is 1.96 bits per heavy atom. The summed E-state index contributed by atoms with van der Waals surface area (Å²) in [4.78, 5) is 38.8. The van der Waals surface area contributed by atoms with Gasteiger partial charge >= 0.3 is 11.6 Å². The number of rotatable bonds is 4. The van der Waals surface area contributed by atoms with Crippen LogP contribution < -0.4 is 10.9 Å². The minimum atomic E-state index is -1.24. The molecule has 0 unspecified atom stereocenters. The van der Waals surface area contributed by atoms with Gasteiger partial charge in [-0.15, -0.1) is 0 Å². The van der Waals surface area contributed by atoms with Gasteiger partial charge in [0.2, 0.25) is 0 Å². The van der Waals surface area contributed by atoms with Crippen molar-refractivity contribution in [3.8, 4) is 17.1 Å². The molecule has 2 aromatic heterocycles. The highest BCUT2D eigenvalue weighted by molar-refractivity contribution is 6.09. The van der Waals surface area contributed by atoms with E-state index in [0.29, 0.717) is 5.56 Å². The van der Waals surface area contributed by atoms with Crippen molar-refractivity contribution in [2.24, 2.45) is 0 Å². The number of hydrogen-bond donors (Lipinski definition) is 3. The number of carboxylic acid groups (broad SMARTS) is 1. The van der Waals surface area contributed by atoms with Gasteiger partial charge in [-0.1, -0.05) is 12.1 Å². The molecule has 0 aliphatic carbocycles. The van der Waals surface area contributed by atoms with E-state index in [9.17, 15) is 19.5 Å². The third-order valence-corrected chi connectivity index (χ3v) is 3.53. The monoisotopic (exact) mass is 340 g/mol. The fourth-order valence-corrected chi connectivity index (χ4v) is 2.41. The van der Waals surface area contributed by atoms with Crippen LogP contribution in [0, 0.1) is 0 Å². The third-order valence-electron chi connectivity index (χ3n) is 3.53. The Labute approximate surface area is 140 Å². The summed E-state index contributed by atoms with van der Waals surface area (Å²) in [6.07, 6.45) is 3.21. The van der Waals surface area contributed by atoms with Gasteiger partial charge in [0.25, 0.3) is 11.9 Å². The van der Waals surface area contributed by atoms with Gasteiger partial charge < -0.3 is 19.9 Å². The summed E-state index contributed by atoms with van der Waals surface area (Å²) in [5, 5.41) is 20.9. The van der Waals surface area contributed by atoms with Crippen LogP contribution in [0.3, 0.4) is 0 Å². The van der Waals surface area contributed by atoms with Crippen molar-refractivity contribution in [3.05, 3.63) is 58.7 Å². The largest absolute Gasteiger partial charge is 0.480 e. The van der Waals surface area contributed by atoms with Crippen molar-refractivity contribution in [2.45, 2.75) is 0 Å². The van der Waals surface area contributed by atoms with Gasteiger partial charge in [0, 0.05) is 23.3 Å². The zero-order valence-corrected chi connectivity index (χ0v) is 12.7. The Morgan fingerprint density at radius 1 is 1.16 bits per heavy atom. The zero-order chi connectivity index (χ0) is 18.0. The molecule has 3 N–H and O–H groups in total. The van der Waals surface area contributed by atoms with E-state index in [1.807, 2.05) is 0 Å². The maximum atomic E-state index is 12.2. The Bertz CT molecular complexity index is 1030. The first-order chi connectivity index (χ1) is 12.0. The Kier molecular flexibility index (Phi) is 4.17. The number of aromatic nitrogens is 1. The molecule has 1 aromatic carbocycles. The van der Waals surface area contributed by atoms with E-state index in [2.05, 4.69) is 14.7 Å². The van der Waals surface area contributed by atoms with Gasteiger partial charge in [-0.2, -0.15) is 0 Å². The predicted molar refractivity (Wildman–Crippen MR) is 87.3 cm³/mol. The van der Waals surface area contributed by atoms with Crippen molar-refractivity contribution >= 4 is 22.6 Å². The van der Waals surface area contributed by atoms with Crippen LogP contribution in [0.2, 0.25) is 0 Å². The second-order valence-corrected chi connectivity index (χ2v) is 5.15. The van der Waals surface area contributed by atoms with Gasteiger partial charge in [-0.05, 0) is 23.8 Å². The number of fused-ring (bicyclic) bond motifs is 1. The number of carbonyl (C=O) groups is 2. The second-order valence-electron chi connectivity index (χ2n) is 5.15. The summed E-state index contributed by atoms with van der Waals surface area (Å²) in [5.74, 6) is -2.98. The number of amides is 1. The third kappa shape index (κ3) is 3.18. The highest BCUT2D eigenvalue weighted by Gasteiger charge is 2.21. The van der Waals surface area contributed by atoms with Crippen molar-refractivity contribution in [2.75, 3.05) is 6.54 Å². The molecule has 0 spiro atoms. The number of carbonyl (C=O) groups excluding carboxylic acids is 1. The predicted octanol–water partition coefficient (Wildman–Crippen LogP) is 1.37. The second kappa shape index (κ2) is 6.44. The van der Waals surface area contributed by atoms with Crippen molar-refractivity contribution < 1.29 is 24.2 Å². The maximum absolute atomic E-state index is 12.2. The summed E-state index contributed by atoms with van der Waals surface area (Å²) in [6.45, 7) is -0.638. The number of hydrogen-bond acceptors (Lipinski definition) is 6. The van der Waals surface area contributed by atoms with E-state index < -0.39 is 30.0 Å². The molecule has 8 heteroatoms. The van der Waals surface area contributed by atoms with Gasteiger partial charge in [-0.25, -0.2) is 4.79 Å². The average Bonchev–Trinajstić information content (AvgIpc) is 2.60. The molecule has 1 amide bonds. The van der Waals surface area contributed by atoms with Crippen LogP contribution in [0.15, 0.2) is 51.9 Å². The number of nitrogens with zero attached hydrogens (tertiary/aromatic N) is 1. The SMILES string of the molecule is O=C(O)CNC(=O)c1c(O)oc(=O)c2ccc(-c3cccnc3)cc12. The molecule has 0 fully saturated rings. The molecular weight excluding hydrogens is 328 g/mol. The average molecular weight is 340 g/mol. The first-order valence-electron chi connectivity index (χ1n) is 7.17. The molecule has 3 rings (SSSR count). The van der Waals surface area contributed by atoms with Crippen LogP contribution in [-0.2, 0) is 4.79 Å². The number of nitrogens with one attached hydrogen (secondary N) is 1. The highest BCUT2D eigenvalue weighted by Crippen LogP contribution is 2.28. The van der Waals surface area contributed by atoms with Crippen LogP contribution in [-0.4, -0.2) is 33.6 Å². The molecule has 0 aliphatic heterocycles. The molecule has 0 atom stereocenters. The number of pyridine rings is 1. The lowest BCUT2D eigenvalue weighted by Gasteiger charge is -2.09. The van der Waals surface area contributed by atoms with Crippen LogP contribution in [0.4, 0.5) is 0 Å². The quantitative estimate of drug-likeness (QED) is 0.654. The fraction of sp³-hybridized carbons (Fsp3) is 0.0588. The standard InChI is InChI=1S/C17H12N2O6/c20-13(21)8-19-15(22)14-12-6-9(10-2-1-5-18-7-10)3-4-11(12)16(23)25-17(14)24/h1-7,24H,8H2,(H,19,22)(H,20,21). The van der Waals surface area contributed by atoms with Crippen LogP contribution in [0.1, 0.15) is 10.4 Å². The topological polar surface area (TPSA) is 130 Å². The first-order valence-corrected chi connectivity index (χ1v) is 7.17. The number of benzene rings is 1. The Balaban J connectivity index is 2.19. The summed E-state index contributed by atoms with van der Waals surface area (Å²) < 4.78 is 4.67. The smallest absolute Gasteiger partial charge is 0.346 e. The number of aromatic hydroxyl groups is 1. The maximum Gasteiger partial charge on any atom is 0.346 e. The van der Waals surface area contributed by atoms with Gasteiger partial charge in [0.05, 0.1) is 5.39 Å². The minimum Gasteiger partial charge on any atom is -0.480 e. The lowest BCUT2D eigenvalue weighted by Crippen LogP contribution is -2.29. The van der Waals surface area contributed by atoms with E-state index in [1.54, 1.807) is 36.7 Å². The Hall–Kier alpha value is -3.68. The molecule has 8 nitrogen and oxygen atoms in total. The van der Waals surface area contributed by atoms with E-state index in [-0.39, 0.29) is 16.3 Å². The number of aliphatic carboxylic acids is 1. The molecule has 0 saturated heterocycles. The Morgan fingerprint density at radius 3 is 2.64 bits per heavy atom. The fourth-order valence-electron chi connectivity index (χ4n) is 2.41. The van der Waals surface area contributed by atoms with Crippen LogP contribution in [0.5, 0.6) is 5.95 Å². The molecule has 25 heavy (non-hydrogen) atoms. The van der Waals surface area contributed by atoms with Gasteiger partial charge in [0.1, 0.15) is 12.1 Å². The van der Waals surface area contributed by atoms with Gasteiger partial charge in [-0.3, -0.25) is 14.6 Å². The van der Waals surface area contributed by atoms with Crippen molar-refractivity contribution in [1.29, 1.82) is 0 Å². The van der Waals surface area contributed by atoms with Gasteiger partial charge in [0.15, 0.2) is 0 Å². The first kappa shape index (κ1) is 16.2. The summed E-state index contributed by atoms with van der Waals surface area (Å²) >= 11 is 0.